The van der Waals surface area contributed by atoms with Crippen LogP contribution in [-0.4, -0.2) is 17.4 Å². The van der Waals surface area contributed by atoms with Gasteiger partial charge in [0.25, 0.3) is 0 Å². The first-order valence-electron chi connectivity index (χ1n) is 7.61. The summed E-state index contributed by atoms with van der Waals surface area (Å²) in [6.45, 7) is 6.20. The van der Waals surface area contributed by atoms with E-state index < -0.39 is 0 Å². The van der Waals surface area contributed by atoms with Crippen LogP contribution in [0.3, 0.4) is 0 Å². The minimum atomic E-state index is -0.372. The molecule has 0 aliphatic carbocycles. The highest BCUT2D eigenvalue weighted by Gasteiger charge is 2.03. The van der Waals surface area contributed by atoms with Gasteiger partial charge in [0.2, 0.25) is 0 Å². The van der Waals surface area contributed by atoms with Crippen molar-refractivity contribution in [3.05, 3.63) is 0 Å². The summed E-state index contributed by atoms with van der Waals surface area (Å²) in [5.74, 6) is 0. The molecule has 0 aliphatic heterocycles. The molecule has 0 saturated heterocycles. The summed E-state index contributed by atoms with van der Waals surface area (Å²) >= 11 is 0. The predicted molar refractivity (Wildman–Crippen MR) is 83.4 cm³/mol. The Hall–Kier alpha value is 0.210. The molecule has 2 atom stereocenters. The third-order valence-electron chi connectivity index (χ3n) is 3.27. The van der Waals surface area contributed by atoms with E-state index >= 15 is 0 Å². The first-order chi connectivity index (χ1) is 8.16. The van der Waals surface area contributed by atoms with E-state index in [1.807, 2.05) is 0 Å². The monoisotopic (exact) mass is 279 g/mol. The van der Waals surface area contributed by atoms with Crippen LogP contribution in [-0.2, 0) is 0 Å². The molecule has 0 bridgehead atoms. The predicted octanol–water partition coefficient (Wildman–Crippen LogP) is 4.65. The summed E-state index contributed by atoms with van der Waals surface area (Å²) in [5.41, 5.74) is 0. The normalized spacial score (nSPS) is 14.0. The van der Waals surface area contributed by atoms with E-state index in [0.29, 0.717) is 6.04 Å². The van der Waals surface area contributed by atoms with E-state index in [0.717, 1.165) is 0 Å². The van der Waals surface area contributed by atoms with Crippen LogP contribution >= 0.6 is 12.4 Å². The van der Waals surface area contributed by atoms with Gasteiger partial charge in [-0.2, -0.15) is 0 Å². The first kappa shape index (κ1) is 20.5. The molecule has 18 heavy (non-hydrogen) atoms. The van der Waals surface area contributed by atoms with Gasteiger partial charge in [-0.15, -0.1) is 12.4 Å². The van der Waals surface area contributed by atoms with E-state index in [9.17, 15) is 0 Å². The number of aliphatic hydroxyl groups is 1. The molecule has 0 rings (SSSR count). The summed E-state index contributed by atoms with van der Waals surface area (Å²) in [5, 5.41) is 12.3. The van der Waals surface area contributed by atoms with Crippen LogP contribution < -0.4 is 5.32 Å². The topological polar surface area (TPSA) is 32.3 Å². The Labute approximate surface area is 120 Å². The average molecular weight is 280 g/mol. The van der Waals surface area contributed by atoms with Crippen LogP contribution in [0.5, 0.6) is 0 Å². The third kappa shape index (κ3) is 16.2. The van der Waals surface area contributed by atoms with Crippen molar-refractivity contribution in [1.82, 2.24) is 5.32 Å². The van der Waals surface area contributed by atoms with Crippen LogP contribution in [0.15, 0.2) is 0 Å². The molecule has 0 aliphatic rings. The fraction of sp³-hybridized carbons (Fsp3) is 1.00. The van der Waals surface area contributed by atoms with Gasteiger partial charge >= 0.3 is 0 Å². The summed E-state index contributed by atoms with van der Waals surface area (Å²) in [6.07, 6.45) is 13.2. The Morgan fingerprint density at radius 3 is 1.72 bits per heavy atom. The highest BCUT2D eigenvalue weighted by molar-refractivity contribution is 5.85. The number of unbranched alkanes of at least 4 members (excludes halogenated alkanes) is 8. The Morgan fingerprint density at radius 2 is 1.28 bits per heavy atom. The minimum absolute atomic E-state index is 0. The van der Waals surface area contributed by atoms with E-state index in [4.69, 9.17) is 5.11 Å². The van der Waals surface area contributed by atoms with Gasteiger partial charge in [-0.05, 0) is 20.3 Å². The molecule has 0 aromatic rings. The van der Waals surface area contributed by atoms with Crippen LogP contribution in [0.1, 0.15) is 85.0 Å². The lowest BCUT2D eigenvalue weighted by molar-refractivity contribution is 0.141. The lowest BCUT2D eigenvalue weighted by atomic mass is 10.0. The third-order valence-corrected chi connectivity index (χ3v) is 3.27. The second-order valence-electron chi connectivity index (χ2n) is 5.36. The van der Waals surface area contributed by atoms with Crippen molar-refractivity contribution in [2.75, 3.05) is 0 Å². The van der Waals surface area contributed by atoms with Gasteiger partial charge in [0.15, 0.2) is 0 Å². The van der Waals surface area contributed by atoms with Crippen molar-refractivity contribution >= 4 is 12.4 Å². The Kier molecular flexibility index (Phi) is 17.4. The summed E-state index contributed by atoms with van der Waals surface area (Å²) < 4.78 is 0. The molecule has 0 heterocycles. The zero-order valence-electron chi connectivity index (χ0n) is 12.6. The van der Waals surface area contributed by atoms with Crippen molar-refractivity contribution in [1.29, 1.82) is 0 Å². The molecular weight excluding hydrogens is 246 g/mol. The van der Waals surface area contributed by atoms with Crippen molar-refractivity contribution in [3.8, 4) is 0 Å². The summed E-state index contributed by atoms with van der Waals surface area (Å²) in [6, 6.07) is 0.444. The minimum Gasteiger partial charge on any atom is -0.379 e. The largest absolute Gasteiger partial charge is 0.379 e. The number of aliphatic hydroxyl groups excluding tert-OH is 1. The molecule has 0 aromatic heterocycles. The maximum Gasteiger partial charge on any atom is 0.102 e. The quantitative estimate of drug-likeness (QED) is 0.403. The summed E-state index contributed by atoms with van der Waals surface area (Å²) in [7, 11) is 0. The van der Waals surface area contributed by atoms with Crippen molar-refractivity contribution < 1.29 is 5.11 Å². The van der Waals surface area contributed by atoms with Crippen LogP contribution in [0, 0.1) is 0 Å². The van der Waals surface area contributed by atoms with E-state index in [1.54, 1.807) is 6.92 Å². The van der Waals surface area contributed by atoms with Crippen molar-refractivity contribution in [3.63, 3.8) is 0 Å². The number of hydrogen-bond acceptors (Lipinski definition) is 2. The van der Waals surface area contributed by atoms with E-state index in [-0.39, 0.29) is 18.6 Å². The Balaban J connectivity index is 0. The average Bonchev–Trinajstić information content (AvgIpc) is 2.26. The fourth-order valence-corrected chi connectivity index (χ4v) is 2.26. The molecule has 3 heteroatoms. The zero-order valence-corrected chi connectivity index (χ0v) is 13.4. The number of nitrogens with one attached hydrogen (secondary N) is 1. The van der Waals surface area contributed by atoms with Gasteiger partial charge < -0.3 is 5.11 Å². The fourth-order valence-electron chi connectivity index (χ4n) is 2.26. The van der Waals surface area contributed by atoms with Crippen LogP contribution in [0.25, 0.3) is 0 Å². The van der Waals surface area contributed by atoms with Crippen LogP contribution in [0.2, 0.25) is 0 Å². The Bertz CT molecular complexity index is 153. The van der Waals surface area contributed by atoms with E-state index in [1.165, 1.54) is 64.2 Å². The van der Waals surface area contributed by atoms with Gasteiger partial charge in [-0.1, -0.05) is 64.7 Å². The molecule has 0 spiro atoms. The molecular formula is C15H34ClNO. The smallest absolute Gasteiger partial charge is 0.102 e. The van der Waals surface area contributed by atoms with Crippen molar-refractivity contribution in [2.24, 2.45) is 0 Å². The highest BCUT2D eigenvalue weighted by atomic mass is 35.5. The molecule has 2 N–H and O–H groups in total. The first-order valence-corrected chi connectivity index (χ1v) is 7.61. The van der Waals surface area contributed by atoms with Gasteiger partial charge in [0, 0.05) is 6.04 Å². The molecule has 112 valence electrons. The highest BCUT2D eigenvalue weighted by Crippen LogP contribution is 2.11. The van der Waals surface area contributed by atoms with Crippen LogP contribution in [0.4, 0.5) is 0 Å². The lowest BCUT2D eigenvalue weighted by Crippen LogP contribution is -2.33. The van der Waals surface area contributed by atoms with E-state index in [2.05, 4.69) is 19.2 Å². The molecule has 0 amide bonds. The van der Waals surface area contributed by atoms with Gasteiger partial charge in [0.05, 0.1) is 0 Å². The number of halogens is 1. The molecule has 0 radical (unpaired) electrons. The molecule has 2 nitrogen and oxygen atoms in total. The maximum absolute atomic E-state index is 9.16. The molecule has 0 fully saturated rings. The standard InChI is InChI=1S/C15H33NO.ClH/c1-4-5-6-7-8-9-10-11-12-13-14(2)16-15(3)17;/h14-17H,4-13H2,1-3H3;1H. The number of hydrogen-bond donors (Lipinski definition) is 2. The zero-order chi connectivity index (χ0) is 12.9. The van der Waals surface area contributed by atoms with Gasteiger partial charge in [-0.25, -0.2) is 0 Å². The number of rotatable bonds is 12. The lowest BCUT2D eigenvalue weighted by Gasteiger charge is -2.15. The Morgan fingerprint density at radius 1 is 0.833 bits per heavy atom. The maximum atomic E-state index is 9.16. The summed E-state index contributed by atoms with van der Waals surface area (Å²) in [4.78, 5) is 0. The van der Waals surface area contributed by atoms with Gasteiger partial charge in [-0.3, -0.25) is 5.32 Å². The van der Waals surface area contributed by atoms with Gasteiger partial charge in [0.1, 0.15) is 6.23 Å². The SMILES string of the molecule is CCCCCCCCCCCC(C)NC(C)O.Cl. The molecule has 0 aromatic carbocycles. The van der Waals surface area contributed by atoms with Crippen molar-refractivity contribution in [2.45, 2.75) is 97.2 Å². The molecule has 2 unspecified atom stereocenters. The molecule has 0 saturated carbocycles. The second-order valence-corrected chi connectivity index (χ2v) is 5.36. The second kappa shape index (κ2) is 15.3.